The van der Waals surface area contributed by atoms with Crippen molar-refractivity contribution in [3.05, 3.63) is 30.1 Å². The highest BCUT2D eigenvalue weighted by atomic mass is 16.5. The molecule has 2 aromatic heterocycles. The van der Waals surface area contributed by atoms with Crippen molar-refractivity contribution in [2.75, 3.05) is 11.9 Å². The van der Waals surface area contributed by atoms with Crippen molar-refractivity contribution >= 4 is 11.9 Å². The molecule has 2 rings (SSSR count). The average Bonchev–Trinajstić information content (AvgIpc) is 2.87. The first-order valence-electron chi connectivity index (χ1n) is 4.58. The number of nitrogens with one attached hydrogen (secondary N) is 1. The fourth-order valence-corrected chi connectivity index (χ4v) is 1.15. The maximum absolute atomic E-state index is 10.5. The van der Waals surface area contributed by atoms with Gasteiger partial charge in [-0.15, -0.1) is 0 Å². The molecule has 0 aliphatic carbocycles. The van der Waals surface area contributed by atoms with Crippen LogP contribution in [0.3, 0.4) is 0 Å². The third kappa shape index (κ3) is 2.38. The summed E-state index contributed by atoms with van der Waals surface area (Å²) in [6.07, 6.45) is 1.87. The van der Waals surface area contributed by atoms with Gasteiger partial charge in [-0.1, -0.05) is 5.16 Å². The smallest absolute Gasteiger partial charge is 0.371 e. The average molecular weight is 223 g/mol. The zero-order valence-corrected chi connectivity index (χ0v) is 8.21. The fraction of sp³-hybridized carbons (Fsp3) is 0.222. The molecular formula is C9H9N3O4. The van der Waals surface area contributed by atoms with E-state index in [9.17, 15) is 4.79 Å². The minimum atomic E-state index is -1.09. The zero-order chi connectivity index (χ0) is 11.4. The van der Waals surface area contributed by atoms with Gasteiger partial charge in [-0.05, 0) is 6.07 Å². The Morgan fingerprint density at radius 2 is 2.38 bits per heavy atom. The lowest BCUT2D eigenvalue weighted by molar-refractivity contribution is 0.0663. The molecule has 0 aliphatic rings. The normalized spacial score (nSPS) is 10.2. The first kappa shape index (κ1) is 10.2. The molecule has 84 valence electrons. The van der Waals surface area contributed by atoms with Crippen LogP contribution in [0.1, 0.15) is 16.4 Å². The molecule has 0 aromatic carbocycles. The second-order valence-electron chi connectivity index (χ2n) is 2.98. The maximum atomic E-state index is 10.5. The molecule has 0 aliphatic heterocycles. The number of nitrogens with zero attached hydrogens (tertiary/aromatic N) is 2. The summed E-state index contributed by atoms with van der Waals surface area (Å²) in [4.78, 5) is 14.4. The summed E-state index contributed by atoms with van der Waals surface area (Å²) in [6, 6.07) is 2.94. The van der Waals surface area contributed by atoms with Crippen molar-refractivity contribution in [3.63, 3.8) is 0 Å². The molecule has 0 amide bonds. The Labute approximate surface area is 90.1 Å². The molecule has 0 radical (unpaired) electrons. The van der Waals surface area contributed by atoms with Gasteiger partial charge in [-0.25, -0.2) is 4.79 Å². The Kier molecular flexibility index (Phi) is 2.86. The number of aromatic nitrogens is 2. The van der Waals surface area contributed by atoms with Crippen LogP contribution in [0.4, 0.5) is 5.88 Å². The number of rotatable bonds is 5. The van der Waals surface area contributed by atoms with E-state index in [1.54, 1.807) is 6.07 Å². The number of hydrogen-bond acceptors (Lipinski definition) is 6. The van der Waals surface area contributed by atoms with E-state index in [-0.39, 0.29) is 5.76 Å². The van der Waals surface area contributed by atoms with Crippen LogP contribution < -0.4 is 5.32 Å². The van der Waals surface area contributed by atoms with Gasteiger partial charge in [0.25, 0.3) is 0 Å². The predicted octanol–water partition coefficient (Wildman–Crippen LogP) is 1.02. The van der Waals surface area contributed by atoms with Gasteiger partial charge in [0, 0.05) is 19.0 Å². The highest BCUT2D eigenvalue weighted by molar-refractivity contribution is 5.84. The topological polar surface area (TPSA) is 101 Å². The number of carbonyl (C=O) groups is 1. The lowest BCUT2D eigenvalue weighted by Crippen LogP contribution is -2.04. The first-order chi connectivity index (χ1) is 7.75. The summed E-state index contributed by atoms with van der Waals surface area (Å²) < 4.78 is 9.78. The summed E-state index contributed by atoms with van der Waals surface area (Å²) >= 11 is 0. The van der Waals surface area contributed by atoms with Crippen LogP contribution in [0, 0.1) is 0 Å². The molecule has 0 bridgehead atoms. The van der Waals surface area contributed by atoms with Gasteiger partial charge < -0.3 is 19.4 Å². The van der Waals surface area contributed by atoms with Gasteiger partial charge in [-0.3, -0.25) is 0 Å². The molecule has 7 nitrogen and oxygen atoms in total. The molecule has 0 saturated carbocycles. The van der Waals surface area contributed by atoms with E-state index in [1.165, 1.54) is 12.4 Å². The highest BCUT2D eigenvalue weighted by Crippen LogP contribution is 2.12. The summed E-state index contributed by atoms with van der Waals surface area (Å²) in [5.74, 6) is -0.278. The number of carboxylic acids is 1. The molecule has 2 N–H and O–H groups in total. The number of aromatic carboxylic acids is 1. The molecule has 2 aromatic rings. The van der Waals surface area contributed by atoms with E-state index in [0.717, 1.165) is 0 Å². The molecule has 0 atom stereocenters. The van der Waals surface area contributed by atoms with E-state index >= 15 is 0 Å². The van der Waals surface area contributed by atoms with Crippen molar-refractivity contribution in [2.45, 2.75) is 6.42 Å². The van der Waals surface area contributed by atoms with E-state index < -0.39 is 5.97 Å². The van der Waals surface area contributed by atoms with Crippen molar-refractivity contribution in [2.24, 2.45) is 0 Å². The van der Waals surface area contributed by atoms with Gasteiger partial charge in [-0.2, -0.15) is 4.98 Å². The lowest BCUT2D eigenvalue weighted by Gasteiger charge is -1.98. The fourth-order valence-electron chi connectivity index (χ4n) is 1.15. The molecule has 0 fully saturated rings. The maximum Gasteiger partial charge on any atom is 0.371 e. The molecule has 0 unspecified atom stereocenters. The van der Waals surface area contributed by atoms with Gasteiger partial charge in [0.05, 0.1) is 0 Å². The summed E-state index contributed by atoms with van der Waals surface area (Å²) in [5.41, 5.74) is 0. The molecule has 0 saturated heterocycles. The third-order valence-corrected chi connectivity index (χ3v) is 1.86. The minimum absolute atomic E-state index is 0.0970. The van der Waals surface area contributed by atoms with Crippen molar-refractivity contribution in [1.82, 2.24) is 10.1 Å². The van der Waals surface area contributed by atoms with Crippen LogP contribution in [0.2, 0.25) is 0 Å². The molecule has 7 heteroatoms. The third-order valence-electron chi connectivity index (χ3n) is 1.86. The van der Waals surface area contributed by atoms with Gasteiger partial charge in [0.2, 0.25) is 11.7 Å². The Balaban J connectivity index is 1.83. The van der Waals surface area contributed by atoms with Crippen molar-refractivity contribution < 1.29 is 18.8 Å². The van der Waals surface area contributed by atoms with E-state index in [1.807, 2.05) is 0 Å². The monoisotopic (exact) mass is 223 g/mol. The van der Waals surface area contributed by atoms with Crippen molar-refractivity contribution in [1.29, 1.82) is 0 Å². The second kappa shape index (κ2) is 4.47. The van der Waals surface area contributed by atoms with Crippen molar-refractivity contribution in [3.8, 4) is 0 Å². The number of furan rings is 1. The highest BCUT2D eigenvalue weighted by Gasteiger charge is 2.08. The lowest BCUT2D eigenvalue weighted by atomic mass is 10.4. The van der Waals surface area contributed by atoms with Crippen LogP contribution in [0.5, 0.6) is 0 Å². The van der Waals surface area contributed by atoms with Gasteiger partial charge >= 0.3 is 5.97 Å². The Morgan fingerprint density at radius 1 is 1.50 bits per heavy atom. The zero-order valence-electron chi connectivity index (χ0n) is 8.21. The Hall–Kier alpha value is -2.31. The summed E-state index contributed by atoms with van der Waals surface area (Å²) in [6.45, 7) is 0.523. The molecule has 2 heterocycles. The van der Waals surface area contributed by atoms with E-state index in [2.05, 4.69) is 15.5 Å². The van der Waals surface area contributed by atoms with E-state index in [4.69, 9.17) is 14.0 Å². The Morgan fingerprint density at radius 3 is 3.00 bits per heavy atom. The molecule has 0 spiro atoms. The number of hydrogen-bond donors (Lipinski definition) is 2. The predicted molar refractivity (Wildman–Crippen MR) is 52.2 cm³/mol. The Bertz CT molecular complexity index is 463. The first-order valence-corrected chi connectivity index (χ1v) is 4.58. The second-order valence-corrected chi connectivity index (χ2v) is 2.98. The van der Waals surface area contributed by atoms with Crippen LogP contribution in [0.15, 0.2) is 27.4 Å². The SMILES string of the molecule is O=C(O)c1ccc(NCCc2ncno2)o1. The minimum Gasteiger partial charge on any atom is -0.475 e. The van der Waals surface area contributed by atoms with Crippen LogP contribution in [-0.2, 0) is 6.42 Å². The molecular weight excluding hydrogens is 214 g/mol. The quantitative estimate of drug-likeness (QED) is 0.779. The van der Waals surface area contributed by atoms with Gasteiger partial charge in [0.1, 0.15) is 0 Å². The largest absolute Gasteiger partial charge is 0.475 e. The standard InChI is InChI=1S/C9H9N3O4/c13-9(14)6-1-2-7(15-6)10-4-3-8-11-5-12-16-8/h1-2,5,10H,3-4H2,(H,13,14). The number of carboxylic acid groups (broad SMARTS) is 1. The van der Waals surface area contributed by atoms with Crippen LogP contribution in [0.25, 0.3) is 0 Å². The van der Waals surface area contributed by atoms with Gasteiger partial charge in [0.15, 0.2) is 12.2 Å². The summed E-state index contributed by atoms with van der Waals surface area (Å²) in [7, 11) is 0. The van der Waals surface area contributed by atoms with E-state index in [0.29, 0.717) is 24.7 Å². The summed E-state index contributed by atoms with van der Waals surface area (Å²) in [5, 5.41) is 15.0. The molecule has 16 heavy (non-hydrogen) atoms. The van der Waals surface area contributed by atoms with Crippen LogP contribution >= 0.6 is 0 Å². The van der Waals surface area contributed by atoms with Crippen LogP contribution in [-0.4, -0.2) is 27.8 Å². The number of anilines is 1.